The second-order valence-electron chi connectivity index (χ2n) is 7.75. The van der Waals surface area contributed by atoms with Crippen molar-refractivity contribution >= 4 is 11.6 Å². The molecule has 1 aliphatic carbocycles. The van der Waals surface area contributed by atoms with Gasteiger partial charge in [0.2, 0.25) is 0 Å². The molecule has 0 amide bonds. The van der Waals surface area contributed by atoms with Crippen molar-refractivity contribution < 1.29 is 4.39 Å². The van der Waals surface area contributed by atoms with Crippen LogP contribution in [0.1, 0.15) is 58.4 Å². The molecule has 0 heterocycles. The van der Waals surface area contributed by atoms with E-state index < -0.39 is 0 Å². The quantitative estimate of drug-likeness (QED) is 0.732. The van der Waals surface area contributed by atoms with Gasteiger partial charge in [-0.15, -0.1) is 0 Å². The lowest BCUT2D eigenvalue weighted by Gasteiger charge is -2.31. The maximum atomic E-state index is 14.1. The van der Waals surface area contributed by atoms with E-state index in [1.807, 2.05) is 6.07 Å². The summed E-state index contributed by atoms with van der Waals surface area (Å²) in [6.45, 7) is 6.91. The Labute approximate surface area is 133 Å². The maximum Gasteiger partial charge on any atom is 0.145 e. The maximum absolute atomic E-state index is 14.1. The zero-order valence-electron chi connectivity index (χ0n) is 13.4. The predicted octanol–water partition coefficient (Wildman–Crippen LogP) is 5.35. The molecular formula is C18H27ClFN. The fourth-order valence-corrected chi connectivity index (χ4v) is 3.73. The molecule has 0 aromatic heterocycles. The van der Waals surface area contributed by atoms with Crippen LogP contribution in [-0.2, 0) is 6.42 Å². The van der Waals surface area contributed by atoms with Gasteiger partial charge in [-0.3, -0.25) is 0 Å². The van der Waals surface area contributed by atoms with Gasteiger partial charge in [-0.05, 0) is 55.1 Å². The second kappa shape index (κ2) is 6.26. The highest BCUT2D eigenvalue weighted by atomic mass is 35.5. The van der Waals surface area contributed by atoms with E-state index in [9.17, 15) is 4.39 Å². The van der Waals surface area contributed by atoms with Crippen LogP contribution in [0.3, 0.4) is 0 Å². The predicted molar refractivity (Wildman–Crippen MR) is 88.1 cm³/mol. The molecule has 3 heteroatoms. The molecule has 0 radical (unpaired) electrons. The monoisotopic (exact) mass is 311 g/mol. The third kappa shape index (κ3) is 4.20. The van der Waals surface area contributed by atoms with Crippen LogP contribution >= 0.6 is 11.6 Å². The summed E-state index contributed by atoms with van der Waals surface area (Å²) in [4.78, 5) is 0. The summed E-state index contributed by atoms with van der Waals surface area (Å²) in [5.41, 5.74) is 7.28. The Morgan fingerprint density at radius 3 is 2.67 bits per heavy atom. The normalized spacial score (nSPS) is 27.4. The van der Waals surface area contributed by atoms with Gasteiger partial charge < -0.3 is 5.73 Å². The summed E-state index contributed by atoms with van der Waals surface area (Å²) in [5, 5.41) is 0.192. The van der Waals surface area contributed by atoms with E-state index in [-0.39, 0.29) is 16.4 Å². The molecule has 2 rings (SSSR count). The third-order valence-electron chi connectivity index (χ3n) is 5.02. The number of rotatable bonds is 2. The molecule has 1 aromatic rings. The number of hydrogen-bond donors (Lipinski definition) is 1. The molecule has 0 aliphatic heterocycles. The van der Waals surface area contributed by atoms with Crippen molar-refractivity contribution in [2.45, 2.75) is 64.8 Å². The minimum absolute atomic E-state index is 0.192. The van der Waals surface area contributed by atoms with Crippen molar-refractivity contribution in [2.24, 2.45) is 17.1 Å². The molecule has 1 aliphatic rings. The first-order valence-electron chi connectivity index (χ1n) is 7.93. The van der Waals surface area contributed by atoms with Gasteiger partial charge in [-0.1, -0.05) is 50.9 Å². The lowest BCUT2D eigenvalue weighted by atomic mass is 9.76. The van der Waals surface area contributed by atoms with Gasteiger partial charge in [-0.2, -0.15) is 0 Å². The number of halogens is 2. The van der Waals surface area contributed by atoms with Crippen LogP contribution in [0.15, 0.2) is 18.2 Å². The first-order valence-corrected chi connectivity index (χ1v) is 8.31. The van der Waals surface area contributed by atoms with Crippen molar-refractivity contribution in [3.63, 3.8) is 0 Å². The molecule has 0 saturated heterocycles. The Morgan fingerprint density at radius 2 is 2.00 bits per heavy atom. The first-order chi connectivity index (χ1) is 9.71. The summed E-state index contributed by atoms with van der Waals surface area (Å²) in [5.74, 6) is 0.396. The first kappa shape index (κ1) is 16.8. The lowest BCUT2D eigenvalue weighted by Crippen LogP contribution is -2.42. The number of hydrogen-bond acceptors (Lipinski definition) is 1. The van der Waals surface area contributed by atoms with Gasteiger partial charge in [0, 0.05) is 5.54 Å². The van der Waals surface area contributed by atoms with Crippen molar-refractivity contribution in [2.75, 3.05) is 0 Å². The molecule has 1 fully saturated rings. The van der Waals surface area contributed by atoms with E-state index in [1.165, 1.54) is 6.42 Å². The van der Waals surface area contributed by atoms with E-state index in [1.54, 1.807) is 12.1 Å². The summed E-state index contributed by atoms with van der Waals surface area (Å²) in [6, 6.07) is 5.20. The van der Waals surface area contributed by atoms with E-state index in [0.29, 0.717) is 23.3 Å². The van der Waals surface area contributed by atoms with Crippen LogP contribution in [0.2, 0.25) is 5.02 Å². The van der Waals surface area contributed by atoms with Gasteiger partial charge in [0.15, 0.2) is 0 Å². The third-order valence-corrected chi connectivity index (χ3v) is 5.31. The zero-order valence-corrected chi connectivity index (χ0v) is 14.1. The molecule has 2 atom stereocenters. The van der Waals surface area contributed by atoms with Crippen LogP contribution in [0, 0.1) is 17.2 Å². The molecule has 2 unspecified atom stereocenters. The van der Waals surface area contributed by atoms with Crippen molar-refractivity contribution in [1.29, 1.82) is 0 Å². The van der Waals surface area contributed by atoms with Gasteiger partial charge in [0.05, 0.1) is 5.02 Å². The Bertz CT molecular complexity index is 494. The average molecular weight is 312 g/mol. The van der Waals surface area contributed by atoms with Crippen molar-refractivity contribution in [3.05, 3.63) is 34.6 Å². The average Bonchev–Trinajstić information content (AvgIpc) is 2.57. The molecule has 1 nitrogen and oxygen atoms in total. The standard InChI is InChI=1S/C18H27ClFN/c1-17(2,3)14-7-5-10-18(21,11-9-14)12-13-6-4-8-15(19)16(13)20/h4,6,8,14H,5,7,9-12,21H2,1-3H3. The van der Waals surface area contributed by atoms with Crippen LogP contribution in [0.25, 0.3) is 0 Å². The van der Waals surface area contributed by atoms with Crippen molar-refractivity contribution in [3.8, 4) is 0 Å². The molecule has 21 heavy (non-hydrogen) atoms. The minimum atomic E-state index is -0.305. The summed E-state index contributed by atoms with van der Waals surface area (Å²) in [6.07, 6.45) is 5.98. The SMILES string of the molecule is CC(C)(C)C1CCCC(N)(Cc2cccc(Cl)c2F)CC1. The molecule has 0 spiro atoms. The molecule has 118 valence electrons. The summed E-state index contributed by atoms with van der Waals surface area (Å²) in [7, 11) is 0. The lowest BCUT2D eigenvalue weighted by molar-refractivity contribution is 0.210. The highest BCUT2D eigenvalue weighted by molar-refractivity contribution is 6.30. The molecule has 2 N–H and O–H groups in total. The molecular weight excluding hydrogens is 285 g/mol. The topological polar surface area (TPSA) is 26.0 Å². The number of nitrogens with two attached hydrogens (primary N) is 1. The van der Waals surface area contributed by atoms with E-state index in [2.05, 4.69) is 20.8 Å². The fourth-order valence-electron chi connectivity index (χ4n) is 3.54. The Hall–Kier alpha value is -0.600. The fraction of sp³-hybridized carbons (Fsp3) is 0.667. The second-order valence-corrected chi connectivity index (χ2v) is 8.15. The highest BCUT2D eigenvalue weighted by Gasteiger charge is 2.34. The number of benzene rings is 1. The van der Waals surface area contributed by atoms with Gasteiger partial charge >= 0.3 is 0 Å². The van der Waals surface area contributed by atoms with E-state index in [0.717, 1.165) is 25.7 Å². The Kier molecular flexibility index (Phi) is 4.99. The van der Waals surface area contributed by atoms with Crippen LogP contribution in [-0.4, -0.2) is 5.54 Å². The Morgan fingerprint density at radius 1 is 1.29 bits per heavy atom. The van der Waals surface area contributed by atoms with Crippen LogP contribution in [0.4, 0.5) is 4.39 Å². The molecule has 1 saturated carbocycles. The summed E-state index contributed by atoms with van der Waals surface area (Å²) < 4.78 is 14.1. The van der Waals surface area contributed by atoms with Crippen LogP contribution in [0.5, 0.6) is 0 Å². The van der Waals surface area contributed by atoms with Gasteiger partial charge in [-0.25, -0.2) is 4.39 Å². The zero-order chi connectivity index (χ0) is 15.7. The van der Waals surface area contributed by atoms with Gasteiger partial charge in [0.25, 0.3) is 0 Å². The van der Waals surface area contributed by atoms with E-state index >= 15 is 0 Å². The smallest absolute Gasteiger partial charge is 0.145 e. The van der Waals surface area contributed by atoms with Crippen LogP contribution < -0.4 is 5.73 Å². The molecule has 1 aromatic carbocycles. The molecule has 0 bridgehead atoms. The Balaban J connectivity index is 2.11. The van der Waals surface area contributed by atoms with Gasteiger partial charge in [0.1, 0.15) is 5.82 Å². The summed E-state index contributed by atoms with van der Waals surface area (Å²) >= 11 is 5.88. The van der Waals surface area contributed by atoms with Crippen molar-refractivity contribution in [1.82, 2.24) is 0 Å². The highest BCUT2D eigenvalue weighted by Crippen LogP contribution is 2.40. The van der Waals surface area contributed by atoms with E-state index in [4.69, 9.17) is 17.3 Å². The largest absolute Gasteiger partial charge is 0.325 e. The minimum Gasteiger partial charge on any atom is -0.325 e.